The van der Waals surface area contributed by atoms with Gasteiger partial charge in [-0.25, -0.2) is 25.6 Å². The molecule has 24 heavy (non-hydrogen) atoms. The molecule has 0 fully saturated rings. The van der Waals surface area contributed by atoms with Gasteiger partial charge in [-0.1, -0.05) is 4.13 Å². The maximum absolute atomic E-state index is 13.6. The Hall–Kier alpha value is -1.61. The Morgan fingerprint density at radius 1 is 0.917 bits per heavy atom. The number of halogens is 7. The highest BCUT2D eigenvalue weighted by atomic mass is 32.3. The van der Waals surface area contributed by atoms with Crippen molar-refractivity contribution in [2.45, 2.75) is 17.3 Å². The molecule has 0 aliphatic rings. The number of alkyl halides is 3. The fraction of sp³-hybridized carbons (Fsp3) is 0.333. The highest BCUT2D eigenvalue weighted by Crippen LogP contribution is 2.33. The summed E-state index contributed by atoms with van der Waals surface area (Å²) in [6.07, 6.45) is 0. The van der Waals surface area contributed by atoms with E-state index >= 15 is 0 Å². The highest BCUT2D eigenvalue weighted by Gasteiger charge is 2.49. The summed E-state index contributed by atoms with van der Waals surface area (Å²) in [4.78, 5) is -2.59. The quantitative estimate of drug-likeness (QED) is 0.596. The van der Waals surface area contributed by atoms with Crippen LogP contribution in [0.4, 0.5) is 30.7 Å². The van der Waals surface area contributed by atoms with Crippen LogP contribution in [0.3, 0.4) is 0 Å². The summed E-state index contributed by atoms with van der Waals surface area (Å²) in [6.45, 7) is 0.649. The lowest BCUT2D eigenvalue weighted by molar-refractivity contribution is -0.0441. The van der Waals surface area contributed by atoms with Crippen molar-refractivity contribution < 1.29 is 52.3 Å². The Kier molecular flexibility index (Phi) is 5.42. The van der Waals surface area contributed by atoms with Crippen molar-refractivity contribution in [3.05, 3.63) is 23.3 Å². The molecule has 0 aliphatic heterocycles. The normalized spacial score (nSPS) is 13.2. The summed E-state index contributed by atoms with van der Waals surface area (Å²) in [5.41, 5.74) is -6.17. The van der Waals surface area contributed by atoms with Gasteiger partial charge in [0, 0.05) is 0 Å². The van der Waals surface area contributed by atoms with Crippen LogP contribution in [-0.2, 0) is 20.0 Å². The van der Waals surface area contributed by atoms with Crippen molar-refractivity contribution in [2.24, 2.45) is 0 Å². The van der Waals surface area contributed by atoms with Gasteiger partial charge >= 0.3 is 15.5 Å². The first-order chi connectivity index (χ1) is 10.7. The molecule has 0 spiro atoms. The maximum atomic E-state index is 13.6. The molecule has 0 saturated carbocycles. The van der Waals surface area contributed by atoms with Gasteiger partial charge in [-0.15, -0.1) is 0 Å². The van der Waals surface area contributed by atoms with Gasteiger partial charge < -0.3 is 4.74 Å². The fourth-order valence-electron chi connectivity index (χ4n) is 1.33. The van der Waals surface area contributed by atoms with Crippen LogP contribution in [0.2, 0.25) is 0 Å². The number of rotatable bonds is 5. The maximum Gasteiger partial charge on any atom is 0.512 e. The number of sulfonamides is 2. The van der Waals surface area contributed by atoms with Crippen LogP contribution in [0.1, 0.15) is 6.92 Å². The summed E-state index contributed by atoms with van der Waals surface area (Å²) in [5.74, 6) is -11.7. The molecular weight excluding hydrogens is 399 g/mol. The molecule has 0 unspecified atom stereocenters. The minimum atomic E-state index is -6.63. The van der Waals surface area contributed by atoms with Gasteiger partial charge in [0.15, 0.2) is 22.3 Å². The molecule has 1 rings (SSSR count). The molecule has 138 valence electrons. The van der Waals surface area contributed by atoms with Crippen LogP contribution in [0.15, 0.2) is 4.90 Å². The predicted octanol–water partition coefficient (Wildman–Crippen LogP) is 1.77. The van der Waals surface area contributed by atoms with Crippen LogP contribution >= 0.6 is 0 Å². The van der Waals surface area contributed by atoms with E-state index in [1.54, 1.807) is 0 Å². The van der Waals surface area contributed by atoms with Crippen LogP contribution in [0.5, 0.6) is 5.75 Å². The van der Waals surface area contributed by atoms with Gasteiger partial charge in [0.2, 0.25) is 11.6 Å². The standard InChI is InChI=1S/C9H6F7NO5S2/c1-2-22-7-3(10)5(12)8(6(13)4(7)11)23(18,19)17-24(20,21)9(14,15)16/h17H,2H2,1H3. The van der Waals surface area contributed by atoms with Crippen LogP contribution in [0.25, 0.3) is 0 Å². The van der Waals surface area contributed by atoms with Gasteiger partial charge in [0.1, 0.15) is 0 Å². The van der Waals surface area contributed by atoms with E-state index in [9.17, 15) is 47.6 Å². The zero-order chi connectivity index (χ0) is 19.1. The van der Waals surface area contributed by atoms with Gasteiger partial charge in [-0.05, 0) is 6.92 Å². The molecule has 0 radical (unpaired) electrons. The zero-order valence-corrected chi connectivity index (χ0v) is 12.8. The van der Waals surface area contributed by atoms with Crippen molar-refractivity contribution >= 4 is 20.0 Å². The first kappa shape index (κ1) is 20.4. The molecule has 0 amide bonds. The fourth-order valence-corrected chi connectivity index (χ4v) is 3.85. The monoisotopic (exact) mass is 405 g/mol. The first-order valence-corrected chi connectivity index (χ1v) is 8.47. The number of benzene rings is 1. The Labute approximate surface area is 130 Å². The molecule has 1 N–H and O–H groups in total. The van der Waals surface area contributed by atoms with E-state index in [-0.39, 0.29) is 4.13 Å². The molecule has 6 nitrogen and oxygen atoms in total. The second-order valence-corrected chi connectivity index (χ2v) is 7.43. The smallest absolute Gasteiger partial charge is 0.488 e. The van der Waals surface area contributed by atoms with Gasteiger partial charge in [-0.3, -0.25) is 0 Å². The third-order valence-corrected chi connectivity index (χ3v) is 5.52. The van der Waals surface area contributed by atoms with E-state index in [1.807, 2.05) is 0 Å². The van der Waals surface area contributed by atoms with E-state index in [0.29, 0.717) is 0 Å². The van der Waals surface area contributed by atoms with Crippen molar-refractivity contribution in [3.8, 4) is 5.75 Å². The SMILES string of the molecule is CCOc1c(F)c(F)c(S(=O)(=O)NS(=O)(=O)C(F)(F)F)c(F)c1F. The Morgan fingerprint density at radius 3 is 1.67 bits per heavy atom. The third-order valence-electron chi connectivity index (χ3n) is 2.26. The van der Waals surface area contributed by atoms with Crippen LogP contribution in [-0.4, -0.2) is 29.0 Å². The van der Waals surface area contributed by atoms with E-state index in [2.05, 4.69) is 4.74 Å². The molecule has 0 aromatic heterocycles. The number of hydrogen-bond acceptors (Lipinski definition) is 5. The lowest BCUT2D eigenvalue weighted by atomic mass is 10.3. The second-order valence-electron chi connectivity index (χ2n) is 3.88. The van der Waals surface area contributed by atoms with Gasteiger partial charge in [-0.2, -0.15) is 22.0 Å². The van der Waals surface area contributed by atoms with Crippen molar-refractivity contribution in [2.75, 3.05) is 6.61 Å². The molecule has 0 aliphatic carbocycles. The first-order valence-electron chi connectivity index (χ1n) is 5.51. The Morgan fingerprint density at radius 2 is 1.33 bits per heavy atom. The lowest BCUT2D eigenvalue weighted by Gasteiger charge is -2.14. The largest absolute Gasteiger partial charge is 0.512 e. The number of nitrogens with one attached hydrogen (secondary N) is 1. The Bertz CT molecular complexity index is 834. The molecular formula is C9H6F7NO5S2. The van der Waals surface area contributed by atoms with E-state index < -0.39 is 66.1 Å². The number of ether oxygens (including phenoxy) is 1. The third kappa shape index (κ3) is 3.56. The van der Waals surface area contributed by atoms with Crippen molar-refractivity contribution in [1.82, 2.24) is 4.13 Å². The molecule has 0 heterocycles. The van der Waals surface area contributed by atoms with Crippen LogP contribution in [0, 0.1) is 23.3 Å². The molecule has 15 heteroatoms. The topological polar surface area (TPSA) is 89.5 Å². The summed E-state index contributed by atoms with van der Waals surface area (Å²) in [5, 5.41) is 0. The van der Waals surface area contributed by atoms with Crippen molar-refractivity contribution in [3.63, 3.8) is 0 Å². The minimum Gasteiger partial charge on any atom is -0.488 e. The van der Waals surface area contributed by atoms with E-state index in [1.165, 1.54) is 0 Å². The molecule has 1 aromatic rings. The summed E-state index contributed by atoms with van der Waals surface area (Å²) < 4.78 is 139. The van der Waals surface area contributed by atoms with E-state index in [0.717, 1.165) is 6.92 Å². The zero-order valence-electron chi connectivity index (χ0n) is 11.2. The average molecular weight is 405 g/mol. The van der Waals surface area contributed by atoms with Gasteiger partial charge in [0.25, 0.3) is 10.0 Å². The molecule has 0 atom stereocenters. The number of hydrogen-bond donors (Lipinski definition) is 1. The second kappa shape index (κ2) is 6.36. The van der Waals surface area contributed by atoms with Gasteiger partial charge in [0.05, 0.1) is 6.61 Å². The van der Waals surface area contributed by atoms with Crippen molar-refractivity contribution in [1.29, 1.82) is 0 Å². The summed E-state index contributed by atoms with van der Waals surface area (Å²) in [7, 11) is -12.8. The lowest BCUT2D eigenvalue weighted by Crippen LogP contribution is -2.40. The summed E-state index contributed by atoms with van der Waals surface area (Å²) >= 11 is 0. The minimum absolute atomic E-state index is 0.0583. The van der Waals surface area contributed by atoms with E-state index in [4.69, 9.17) is 0 Å². The predicted molar refractivity (Wildman–Crippen MR) is 62.7 cm³/mol. The highest BCUT2D eigenvalue weighted by molar-refractivity contribution is 8.05. The summed E-state index contributed by atoms with van der Waals surface area (Å²) in [6, 6.07) is 0. The molecule has 1 aromatic carbocycles. The molecule has 0 bridgehead atoms. The van der Waals surface area contributed by atoms with Crippen LogP contribution < -0.4 is 8.86 Å². The Balaban J connectivity index is 3.64. The molecule has 0 saturated heterocycles. The average Bonchev–Trinajstić information content (AvgIpc) is 2.39.